The summed E-state index contributed by atoms with van der Waals surface area (Å²) in [5.74, 6) is 0.471. The molecule has 35 heavy (non-hydrogen) atoms. The lowest BCUT2D eigenvalue weighted by atomic mass is 9.32. The third-order valence-corrected chi connectivity index (χ3v) is 13.3. The van der Waals surface area contributed by atoms with Crippen molar-refractivity contribution in [1.29, 1.82) is 0 Å². The van der Waals surface area contributed by atoms with Gasteiger partial charge in [-0.1, -0.05) is 53.2 Å². The van der Waals surface area contributed by atoms with Crippen LogP contribution in [0.1, 0.15) is 92.9 Å². The minimum absolute atomic E-state index is 0.0647. The molecule has 5 aliphatic rings. The van der Waals surface area contributed by atoms with Gasteiger partial charge in [-0.2, -0.15) is 0 Å². The van der Waals surface area contributed by atoms with Crippen molar-refractivity contribution in [3.8, 4) is 0 Å². The van der Waals surface area contributed by atoms with E-state index in [0.29, 0.717) is 12.8 Å². The van der Waals surface area contributed by atoms with Gasteiger partial charge in [0, 0.05) is 17.4 Å². The highest BCUT2D eigenvalue weighted by atomic mass is 16.3. The Labute approximate surface area is 212 Å². The molecular formula is C30H50O5. The Bertz CT molecular complexity index is 899. The summed E-state index contributed by atoms with van der Waals surface area (Å²) >= 11 is 0. The molecule has 0 radical (unpaired) electrons. The number of aliphatic hydroxyl groups excluding tert-OH is 5. The lowest BCUT2D eigenvalue weighted by Crippen LogP contribution is -2.73. The maximum atomic E-state index is 12.0. The topological polar surface area (TPSA) is 101 Å². The molecule has 11 atom stereocenters. The average Bonchev–Trinajstić information content (AvgIpc) is 2.80. The Morgan fingerprint density at radius 2 is 1.49 bits per heavy atom. The van der Waals surface area contributed by atoms with Crippen LogP contribution in [-0.2, 0) is 0 Å². The number of hydrogen-bond acceptors (Lipinski definition) is 5. The number of rotatable bonds is 2. The summed E-state index contributed by atoms with van der Waals surface area (Å²) in [5, 5.41) is 56.4. The molecule has 5 rings (SSSR count). The molecule has 0 aromatic heterocycles. The molecule has 5 N–H and O–H groups in total. The molecule has 0 bridgehead atoms. The molecule has 4 saturated carbocycles. The Hall–Kier alpha value is -0.460. The zero-order valence-electron chi connectivity index (χ0n) is 22.8. The minimum atomic E-state index is -0.887. The Balaban J connectivity index is 1.67. The SMILES string of the molecule is CC1(C)[C@@H](O)CC[C@]2(C)[C@H]3CC=C4[C@@H]5C[C@@](C)(CO)CC[C@]5(C)C[C@H](O)[C@@]4(CO)[C@]3(C)[C@@H](O)C[C@@H]12. The molecule has 0 spiro atoms. The van der Waals surface area contributed by atoms with E-state index in [9.17, 15) is 25.5 Å². The predicted molar refractivity (Wildman–Crippen MR) is 136 cm³/mol. The van der Waals surface area contributed by atoms with Gasteiger partial charge in [0.05, 0.1) is 24.9 Å². The van der Waals surface area contributed by atoms with Crippen molar-refractivity contribution >= 4 is 0 Å². The first-order valence-corrected chi connectivity index (χ1v) is 14.1. The molecule has 4 fully saturated rings. The fourth-order valence-electron chi connectivity index (χ4n) is 10.8. The lowest BCUT2D eigenvalue weighted by molar-refractivity contribution is -0.272. The summed E-state index contributed by atoms with van der Waals surface area (Å²) in [6, 6.07) is 0. The standard InChI is InChI=1S/C30H50O5/c1-25(2)21-13-23(34)29(6)20(28(21,5)10-9-22(25)33)8-7-18-19-14-26(3,16-31)11-12-27(19,4)15-24(35)30(18,29)17-32/h7,19-24,31-35H,8-17H2,1-6H3/t19-,20+,21-,22-,23-,24-,26-,27+,28+,29-,30-/m0/s1. The maximum Gasteiger partial charge on any atom is 0.0667 e. The van der Waals surface area contributed by atoms with Crippen LogP contribution in [0.15, 0.2) is 11.6 Å². The smallest absolute Gasteiger partial charge is 0.0667 e. The van der Waals surface area contributed by atoms with Crippen molar-refractivity contribution in [3.05, 3.63) is 11.6 Å². The summed E-state index contributed by atoms with van der Waals surface area (Å²) in [7, 11) is 0. The van der Waals surface area contributed by atoms with Crippen LogP contribution in [0.2, 0.25) is 0 Å². The van der Waals surface area contributed by atoms with Crippen molar-refractivity contribution in [2.24, 2.45) is 50.2 Å². The fraction of sp³-hybridized carbons (Fsp3) is 0.933. The third-order valence-electron chi connectivity index (χ3n) is 13.3. The second kappa shape index (κ2) is 7.79. The highest BCUT2D eigenvalue weighted by Crippen LogP contribution is 2.75. The number of aliphatic hydroxyl groups is 5. The van der Waals surface area contributed by atoms with Crippen LogP contribution in [0.25, 0.3) is 0 Å². The molecule has 0 aromatic carbocycles. The molecule has 0 saturated heterocycles. The van der Waals surface area contributed by atoms with Gasteiger partial charge in [0.2, 0.25) is 0 Å². The summed E-state index contributed by atoms with van der Waals surface area (Å²) < 4.78 is 0. The van der Waals surface area contributed by atoms with E-state index in [-0.39, 0.29) is 58.7 Å². The van der Waals surface area contributed by atoms with Crippen molar-refractivity contribution in [3.63, 3.8) is 0 Å². The summed E-state index contributed by atoms with van der Waals surface area (Å²) in [6.07, 6.45) is 7.04. The van der Waals surface area contributed by atoms with Gasteiger partial charge in [0.1, 0.15) is 0 Å². The molecule has 0 aliphatic heterocycles. The normalized spacial score (nSPS) is 57.3. The third kappa shape index (κ3) is 3.05. The second-order valence-electron chi connectivity index (χ2n) is 15.1. The molecule has 0 amide bonds. The van der Waals surface area contributed by atoms with E-state index in [1.165, 1.54) is 0 Å². The van der Waals surface area contributed by atoms with Crippen molar-refractivity contribution in [2.45, 2.75) is 111 Å². The number of allylic oxidation sites excluding steroid dienone is 1. The van der Waals surface area contributed by atoms with Crippen molar-refractivity contribution in [2.75, 3.05) is 13.2 Å². The van der Waals surface area contributed by atoms with Gasteiger partial charge in [0.15, 0.2) is 0 Å². The van der Waals surface area contributed by atoms with Gasteiger partial charge in [-0.15, -0.1) is 0 Å². The monoisotopic (exact) mass is 490 g/mol. The zero-order chi connectivity index (χ0) is 25.8. The first-order chi connectivity index (χ1) is 16.2. The number of hydrogen-bond donors (Lipinski definition) is 5. The number of fused-ring (bicyclic) bond motifs is 7. The molecule has 5 heteroatoms. The quantitative estimate of drug-likeness (QED) is 0.376. The van der Waals surface area contributed by atoms with E-state index in [4.69, 9.17) is 0 Å². The van der Waals surface area contributed by atoms with Crippen LogP contribution in [0, 0.1) is 50.2 Å². The largest absolute Gasteiger partial charge is 0.396 e. The lowest BCUT2D eigenvalue weighted by Gasteiger charge is -2.73. The van der Waals surface area contributed by atoms with E-state index < -0.39 is 23.0 Å². The predicted octanol–water partition coefficient (Wildman–Crippen LogP) is 4.06. The van der Waals surface area contributed by atoms with E-state index in [1.807, 2.05) is 0 Å². The molecular weight excluding hydrogens is 440 g/mol. The van der Waals surface area contributed by atoms with Gasteiger partial charge in [-0.3, -0.25) is 0 Å². The fourth-order valence-corrected chi connectivity index (χ4v) is 10.8. The Morgan fingerprint density at radius 3 is 2.11 bits per heavy atom. The van der Waals surface area contributed by atoms with Crippen LogP contribution in [0.4, 0.5) is 0 Å². The highest BCUT2D eigenvalue weighted by molar-refractivity contribution is 5.37. The van der Waals surface area contributed by atoms with Crippen LogP contribution >= 0.6 is 0 Å². The summed E-state index contributed by atoms with van der Waals surface area (Å²) in [6.45, 7) is 13.3. The first-order valence-electron chi connectivity index (χ1n) is 14.1. The van der Waals surface area contributed by atoms with Crippen LogP contribution in [0.5, 0.6) is 0 Å². The van der Waals surface area contributed by atoms with Crippen molar-refractivity contribution in [1.82, 2.24) is 0 Å². The second-order valence-corrected chi connectivity index (χ2v) is 15.1. The van der Waals surface area contributed by atoms with Gasteiger partial charge < -0.3 is 25.5 Å². The molecule has 200 valence electrons. The van der Waals surface area contributed by atoms with E-state index in [1.54, 1.807) is 0 Å². The van der Waals surface area contributed by atoms with Gasteiger partial charge in [-0.25, -0.2) is 0 Å². The van der Waals surface area contributed by atoms with Crippen molar-refractivity contribution < 1.29 is 25.5 Å². The summed E-state index contributed by atoms with van der Waals surface area (Å²) in [5.41, 5.74) is -1.00. The molecule has 5 aliphatic carbocycles. The molecule has 0 aromatic rings. The van der Waals surface area contributed by atoms with E-state index in [2.05, 4.69) is 47.6 Å². The first kappa shape index (κ1) is 26.2. The average molecular weight is 491 g/mol. The molecule has 0 heterocycles. The van der Waals surface area contributed by atoms with Crippen LogP contribution in [-0.4, -0.2) is 57.1 Å². The van der Waals surface area contributed by atoms with Crippen LogP contribution < -0.4 is 0 Å². The Morgan fingerprint density at radius 1 is 0.800 bits per heavy atom. The van der Waals surface area contributed by atoms with E-state index >= 15 is 0 Å². The van der Waals surface area contributed by atoms with E-state index in [0.717, 1.165) is 44.1 Å². The molecule has 0 unspecified atom stereocenters. The highest BCUT2D eigenvalue weighted by Gasteiger charge is 2.74. The Kier molecular flexibility index (Phi) is 5.82. The molecule has 5 nitrogen and oxygen atoms in total. The minimum Gasteiger partial charge on any atom is -0.396 e. The zero-order valence-corrected chi connectivity index (χ0v) is 22.8. The summed E-state index contributed by atoms with van der Waals surface area (Å²) in [4.78, 5) is 0. The van der Waals surface area contributed by atoms with Crippen LogP contribution in [0.3, 0.4) is 0 Å². The van der Waals surface area contributed by atoms with Gasteiger partial charge in [0.25, 0.3) is 0 Å². The van der Waals surface area contributed by atoms with Gasteiger partial charge >= 0.3 is 0 Å². The maximum absolute atomic E-state index is 12.0. The van der Waals surface area contributed by atoms with Gasteiger partial charge in [-0.05, 0) is 90.8 Å².